The fourth-order valence-corrected chi connectivity index (χ4v) is 2.34. The van der Waals surface area contributed by atoms with E-state index in [1.165, 1.54) is 0 Å². The van der Waals surface area contributed by atoms with Gasteiger partial charge in [0.25, 0.3) is 5.91 Å². The number of nitrogens with zero attached hydrogens (tertiary/aromatic N) is 1. The van der Waals surface area contributed by atoms with Crippen molar-refractivity contribution in [2.24, 2.45) is 0 Å². The minimum Gasteiger partial charge on any atom is -0.493 e. The second-order valence-corrected chi connectivity index (χ2v) is 5.44. The number of rotatable bonds is 10. The third-order valence-corrected chi connectivity index (χ3v) is 3.57. The summed E-state index contributed by atoms with van der Waals surface area (Å²) in [4.78, 5) is 16.2. The van der Waals surface area contributed by atoms with Crippen LogP contribution in [0.3, 0.4) is 0 Å². The average Bonchev–Trinajstić information content (AvgIpc) is 2.66. The van der Waals surface area contributed by atoms with Crippen molar-refractivity contribution in [3.8, 4) is 17.4 Å². The van der Waals surface area contributed by atoms with Gasteiger partial charge in [-0.3, -0.25) is 4.79 Å². The highest BCUT2D eigenvalue weighted by Gasteiger charge is 2.10. The summed E-state index contributed by atoms with van der Waals surface area (Å²) in [6.45, 7) is 6.33. The van der Waals surface area contributed by atoms with Crippen LogP contribution in [0.5, 0.6) is 17.4 Å². The fourth-order valence-electron chi connectivity index (χ4n) is 2.34. The van der Waals surface area contributed by atoms with Gasteiger partial charge in [0, 0.05) is 18.3 Å². The lowest BCUT2D eigenvalue weighted by molar-refractivity contribution is -0.123. The SMILES string of the molecule is C=CCc1ccc(OCC(=O)NCc2cccnc2OCC)c(OC)c1. The van der Waals surface area contributed by atoms with Crippen LogP contribution in [0.15, 0.2) is 49.2 Å². The Hall–Kier alpha value is -3.02. The van der Waals surface area contributed by atoms with Crippen molar-refractivity contribution in [2.45, 2.75) is 19.9 Å². The van der Waals surface area contributed by atoms with Crippen molar-refractivity contribution >= 4 is 5.91 Å². The van der Waals surface area contributed by atoms with Crippen LogP contribution in [-0.2, 0) is 17.8 Å². The van der Waals surface area contributed by atoms with Crippen LogP contribution in [0, 0.1) is 0 Å². The smallest absolute Gasteiger partial charge is 0.258 e. The van der Waals surface area contributed by atoms with Crippen LogP contribution in [0.25, 0.3) is 0 Å². The summed E-state index contributed by atoms with van der Waals surface area (Å²) in [7, 11) is 1.57. The molecule has 6 nitrogen and oxygen atoms in total. The maximum atomic E-state index is 12.1. The molecule has 0 atom stereocenters. The molecule has 138 valence electrons. The summed E-state index contributed by atoms with van der Waals surface area (Å²) < 4.78 is 16.3. The molecule has 0 saturated heterocycles. The lowest BCUT2D eigenvalue weighted by atomic mass is 10.1. The van der Waals surface area contributed by atoms with E-state index >= 15 is 0 Å². The van der Waals surface area contributed by atoms with Gasteiger partial charge in [0.15, 0.2) is 18.1 Å². The molecule has 1 aromatic heterocycles. The molecule has 26 heavy (non-hydrogen) atoms. The van der Waals surface area contributed by atoms with Gasteiger partial charge in [-0.1, -0.05) is 18.2 Å². The van der Waals surface area contributed by atoms with E-state index in [1.807, 2.05) is 31.2 Å². The molecule has 0 unspecified atom stereocenters. The first-order chi connectivity index (χ1) is 12.7. The summed E-state index contributed by atoms with van der Waals surface area (Å²) >= 11 is 0. The zero-order valence-electron chi connectivity index (χ0n) is 15.2. The van der Waals surface area contributed by atoms with Gasteiger partial charge >= 0.3 is 0 Å². The fraction of sp³-hybridized carbons (Fsp3) is 0.300. The summed E-state index contributed by atoms with van der Waals surface area (Å²) in [5.41, 5.74) is 1.88. The second-order valence-electron chi connectivity index (χ2n) is 5.44. The van der Waals surface area contributed by atoms with E-state index in [0.29, 0.717) is 30.5 Å². The zero-order valence-corrected chi connectivity index (χ0v) is 15.2. The Balaban J connectivity index is 1.90. The molecule has 0 bridgehead atoms. The molecule has 2 rings (SSSR count). The molecular weight excluding hydrogens is 332 g/mol. The topological polar surface area (TPSA) is 69.7 Å². The van der Waals surface area contributed by atoms with Gasteiger partial charge in [0.2, 0.25) is 5.88 Å². The molecule has 0 fully saturated rings. The van der Waals surface area contributed by atoms with Gasteiger partial charge in [-0.15, -0.1) is 6.58 Å². The number of ether oxygens (including phenoxy) is 3. The third-order valence-electron chi connectivity index (χ3n) is 3.57. The molecule has 1 heterocycles. The van der Waals surface area contributed by atoms with Crippen LogP contribution >= 0.6 is 0 Å². The van der Waals surface area contributed by atoms with E-state index in [4.69, 9.17) is 14.2 Å². The van der Waals surface area contributed by atoms with E-state index in [1.54, 1.807) is 25.4 Å². The van der Waals surface area contributed by atoms with E-state index < -0.39 is 0 Å². The van der Waals surface area contributed by atoms with Gasteiger partial charge in [0.1, 0.15) is 0 Å². The number of allylic oxidation sites excluding steroid dienone is 1. The Bertz CT molecular complexity index is 746. The number of carbonyl (C=O) groups excluding carboxylic acids is 1. The predicted molar refractivity (Wildman–Crippen MR) is 99.6 cm³/mol. The standard InChI is InChI=1S/C20H24N2O4/c1-4-7-15-9-10-17(18(12-15)24-3)26-14-19(23)22-13-16-8-6-11-21-20(16)25-5-2/h4,6,8-12H,1,5,7,13-14H2,2-3H3,(H,22,23). The third kappa shape index (κ3) is 5.51. The number of pyridine rings is 1. The number of nitrogens with one attached hydrogen (secondary N) is 1. The molecule has 0 aliphatic carbocycles. The number of methoxy groups -OCH3 is 1. The minimum atomic E-state index is -0.242. The van der Waals surface area contributed by atoms with Gasteiger partial charge in [0.05, 0.1) is 13.7 Å². The van der Waals surface area contributed by atoms with Crippen LogP contribution in [-0.4, -0.2) is 31.2 Å². The number of carbonyl (C=O) groups is 1. The maximum absolute atomic E-state index is 12.1. The summed E-state index contributed by atoms with van der Waals surface area (Å²) in [6.07, 6.45) is 4.21. The molecule has 0 saturated carbocycles. The molecule has 1 amide bonds. The molecule has 0 aliphatic heterocycles. The van der Waals surface area contributed by atoms with Crippen molar-refractivity contribution in [3.05, 3.63) is 60.3 Å². The first-order valence-electron chi connectivity index (χ1n) is 8.42. The monoisotopic (exact) mass is 356 g/mol. The molecule has 0 radical (unpaired) electrons. The molecule has 6 heteroatoms. The number of hydrogen-bond donors (Lipinski definition) is 1. The quantitative estimate of drug-likeness (QED) is 0.663. The Morgan fingerprint density at radius 2 is 2.12 bits per heavy atom. The van der Waals surface area contributed by atoms with E-state index in [2.05, 4.69) is 16.9 Å². The van der Waals surface area contributed by atoms with Crippen molar-refractivity contribution in [1.82, 2.24) is 10.3 Å². The summed E-state index contributed by atoms with van der Waals surface area (Å²) in [5, 5.41) is 2.80. The highest BCUT2D eigenvalue weighted by atomic mass is 16.5. The molecule has 1 N–H and O–H groups in total. The molecular formula is C20H24N2O4. The van der Waals surface area contributed by atoms with E-state index in [-0.39, 0.29) is 12.5 Å². The molecule has 0 aliphatic rings. The number of hydrogen-bond acceptors (Lipinski definition) is 5. The van der Waals surface area contributed by atoms with Gasteiger partial charge in [-0.05, 0) is 37.1 Å². The number of amides is 1. The largest absolute Gasteiger partial charge is 0.493 e. The average molecular weight is 356 g/mol. The lowest BCUT2D eigenvalue weighted by Crippen LogP contribution is -2.28. The Labute approximate surface area is 153 Å². The predicted octanol–water partition coefficient (Wildman–Crippen LogP) is 2.91. The highest BCUT2D eigenvalue weighted by molar-refractivity contribution is 5.77. The Morgan fingerprint density at radius 1 is 1.27 bits per heavy atom. The maximum Gasteiger partial charge on any atom is 0.258 e. The van der Waals surface area contributed by atoms with Crippen LogP contribution in [0.4, 0.5) is 0 Å². The molecule has 2 aromatic rings. The van der Waals surface area contributed by atoms with Gasteiger partial charge in [-0.2, -0.15) is 0 Å². The minimum absolute atomic E-state index is 0.110. The zero-order chi connectivity index (χ0) is 18.8. The van der Waals surface area contributed by atoms with Crippen molar-refractivity contribution < 1.29 is 19.0 Å². The number of benzene rings is 1. The van der Waals surface area contributed by atoms with Crippen molar-refractivity contribution in [2.75, 3.05) is 20.3 Å². The first-order valence-corrected chi connectivity index (χ1v) is 8.42. The van der Waals surface area contributed by atoms with E-state index in [0.717, 1.165) is 17.5 Å². The van der Waals surface area contributed by atoms with Gasteiger partial charge < -0.3 is 19.5 Å². The van der Waals surface area contributed by atoms with Gasteiger partial charge in [-0.25, -0.2) is 4.98 Å². The summed E-state index contributed by atoms with van der Waals surface area (Å²) in [5.74, 6) is 1.39. The number of aromatic nitrogens is 1. The van der Waals surface area contributed by atoms with Crippen LogP contribution in [0.1, 0.15) is 18.1 Å². The normalized spacial score (nSPS) is 10.1. The lowest BCUT2D eigenvalue weighted by Gasteiger charge is -2.13. The Morgan fingerprint density at radius 3 is 2.85 bits per heavy atom. The van der Waals surface area contributed by atoms with E-state index in [9.17, 15) is 4.79 Å². The van der Waals surface area contributed by atoms with Crippen molar-refractivity contribution in [3.63, 3.8) is 0 Å². The summed E-state index contributed by atoms with van der Waals surface area (Å²) in [6, 6.07) is 9.25. The first kappa shape index (κ1) is 19.3. The van der Waals surface area contributed by atoms with Crippen LogP contribution in [0.2, 0.25) is 0 Å². The Kier molecular flexibility index (Phi) is 7.49. The highest BCUT2D eigenvalue weighted by Crippen LogP contribution is 2.28. The van der Waals surface area contributed by atoms with Crippen molar-refractivity contribution in [1.29, 1.82) is 0 Å². The van der Waals surface area contributed by atoms with Crippen LogP contribution < -0.4 is 19.5 Å². The molecule has 1 aromatic carbocycles. The second kappa shape index (κ2) is 10.1. The molecule has 0 spiro atoms.